The van der Waals surface area contributed by atoms with E-state index in [1.807, 2.05) is 0 Å². The van der Waals surface area contributed by atoms with Crippen LogP contribution in [0.25, 0.3) is 0 Å². The van der Waals surface area contributed by atoms with Gasteiger partial charge in [0.15, 0.2) is 11.5 Å². The molecule has 104 valence electrons. The molecule has 0 radical (unpaired) electrons. The molecule has 0 aliphatic carbocycles. The summed E-state index contributed by atoms with van der Waals surface area (Å²) in [5, 5.41) is 18.0. The van der Waals surface area contributed by atoms with Gasteiger partial charge in [0.25, 0.3) is 5.91 Å². The van der Waals surface area contributed by atoms with Crippen LogP contribution in [0.5, 0.6) is 0 Å². The molecule has 0 saturated heterocycles. The van der Waals surface area contributed by atoms with Crippen LogP contribution in [0.15, 0.2) is 32.3 Å². The molecule has 0 unspecified atom stereocenters. The largest absolute Gasteiger partial charge is 0.433 e. The number of hydrogen-bond donors (Lipinski definition) is 1. The number of hydrazone groups is 1. The highest BCUT2D eigenvalue weighted by Crippen LogP contribution is 2.14. The topological polar surface area (TPSA) is 116 Å². The summed E-state index contributed by atoms with van der Waals surface area (Å²) < 4.78 is 6.83. The fourth-order valence-corrected chi connectivity index (χ4v) is 1.89. The van der Waals surface area contributed by atoms with Gasteiger partial charge >= 0.3 is 5.88 Å². The van der Waals surface area contributed by atoms with Crippen molar-refractivity contribution in [1.29, 1.82) is 0 Å². The van der Waals surface area contributed by atoms with Gasteiger partial charge in [-0.25, -0.2) is 5.43 Å². The molecule has 0 aliphatic rings. The predicted molar refractivity (Wildman–Crippen MR) is 71.3 cm³/mol. The van der Waals surface area contributed by atoms with E-state index in [0.717, 1.165) is 6.21 Å². The van der Waals surface area contributed by atoms with Crippen molar-refractivity contribution >= 4 is 33.9 Å². The summed E-state index contributed by atoms with van der Waals surface area (Å²) in [7, 11) is 1.67. The quantitative estimate of drug-likeness (QED) is 0.513. The number of nitrogens with zero attached hydrogens (tertiary/aromatic N) is 4. The summed E-state index contributed by atoms with van der Waals surface area (Å²) in [6, 6.07) is 2.56. The molecule has 0 atom stereocenters. The zero-order chi connectivity index (χ0) is 14.7. The van der Waals surface area contributed by atoms with Gasteiger partial charge in [0.1, 0.15) is 4.92 Å². The number of carbonyl (C=O) groups excluding carboxylic acids is 1. The molecule has 9 nitrogen and oxygen atoms in total. The lowest BCUT2D eigenvalue weighted by atomic mass is 10.4. The zero-order valence-corrected chi connectivity index (χ0v) is 11.7. The monoisotopic (exact) mass is 341 g/mol. The van der Waals surface area contributed by atoms with Gasteiger partial charge in [-0.15, -0.1) is 0 Å². The third kappa shape index (κ3) is 3.09. The maximum atomic E-state index is 11.7. The van der Waals surface area contributed by atoms with Crippen LogP contribution in [-0.2, 0) is 7.05 Å². The highest BCUT2D eigenvalue weighted by molar-refractivity contribution is 9.10. The molecule has 10 heteroatoms. The normalized spacial score (nSPS) is 10.9. The second-order valence-corrected chi connectivity index (χ2v) is 4.49. The average molecular weight is 342 g/mol. The van der Waals surface area contributed by atoms with E-state index in [2.05, 4.69) is 31.6 Å². The Morgan fingerprint density at radius 2 is 2.40 bits per heavy atom. The fourth-order valence-electron chi connectivity index (χ4n) is 1.33. The number of amides is 1. The van der Waals surface area contributed by atoms with Crippen LogP contribution in [0.3, 0.4) is 0 Å². The first-order valence-corrected chi connectivity index (χ1v) is 6.03. The van der Waals surface area contributed by atoms with Crippen molar-refractivity contribution in [1.82, 2.24) is 15.2 Å². The molecule has 0 bridgehead atoms. The minimum atomic E-state index is -0.666. The first-order chi connectivity index (χ1) is 9.47. The van der Waals surface area contributed by atoms with Crippen LogP contribution < -0.4 is 5.43 Å². The van der Waals surface area contributed by atoms with E-state index in [1.54, 1.807) is 13.2 Å². The second kappa shape index (κ2) is 5.65. The first-order valence-electron chi connectivity index (χ1n) is 5.24. The minimum absolute atomic E-state index is 0.150. The average Bonchev–Trinajstić information content (AvgIpc) is 2.96. The van der Waals surface area contributed by atoms with Crippen LogP contribution in [-0.4, -0.2) is 26.8 Å². The minimum Gasteiger partial charge on any atom is -0.400 e. The molecule has 1 N–H and O–H groups in total. The van der Waals surface area contributed by atoms with Crippen molar-refractivity contribution in [3.63, 3.8) is 0 Å². The summed E-state index contributed by atoms with van der Waals surface area (Å²) in [5.74, 6) is -0.767. The number of aryl methyl sites for hydroxylation is 1. The number of furan rings is 1. The van der Waals surface area contributed by atoms with Crippen molar-refractivity contribution < 1.29 is 14.1 Å². The third-order valence-corrected chi connectivity index (χ3v) is 2.73. The molecule has 1 amide bonds. The molecule has 20 heavy (non-hydrogen) atoms. The summed E-state index contributed by atoms with van der Waals surface area (Å²) in [5.41, 5.74) is 2.41. The van der Waals surface area contributed by atoms with Gasteiger partial charge in [0.05, 0.1) is 16.8 Å². The molecule has 2 rings (SSSR count). The molecule has 2 aromatic heterocycles. The van der Waals surface area contributed by atoms with E-state index in [-0.39, 0.29) is 11.5 Å². The van der Waals surface area contributed by atoms with E-state index in [4.69, 9.17) is 4.42 Å². The smallest absolute Gasteiger partial charge is 0.400 e. The zero-order valence-electron chi connectivity index (χ0n) is 10.1. The Morgan fingerprint density at radius 1 is 1.65 bits per heavy atom. The van der Waals surface area contributed by atoms with Crippen LogP contribution in [0.1, 0.15) is 16.2 Å². The molecule has 0 aromatic carbocycles. The van der Waals surface area contributed by atoms with Crippen molar-refractivity contribution in [2.75, 3.05) is 0 Å². The number of halogens is 1. The number of aromatic nitrogens is 2. The molecule has 2 heterocycles. The summed E-state index contributed by atoms with van der Waals surface area (Å²) in [6.07, 6.45) is 2.77. The van der Waals surface area contributed by atoms with Crippen molar-refractivity contribution in [2.45, 2.75) is 0 Å². The summed E-state index contributed by atoms with van der Waals surface area (Å²) >= 11 is 3.18. The lowest BCUT2D eigenvalue weighted by Crippen LogP contribution is -2.18. The molecular formula is C10H8BrN5O4. The van der Waals surface area contributed by atoms with Crippen molar-refractivity contribution in [2.24, 2.45) is 12.1 Å². The van der Waals surface area contributed by atoms with Crippen LogP contribution in [0.4, 0.5) is 5.88 Å². The lowest BCUT2D eigenvalue weighted by Gasteiger charge is -1.95. The molecule has 0 saturated carbocycles. The van der Waals surface area contributed by atoms with Gasteiger partial charge in [-0.05, 0) is 22.0 Å². The van der Waals surface area contributed by atoms with Gasteiger partial charge in [0, 0.05) is 13.2 Å². The number of hydrogen-bond acceptors (Lipinski definition) is 6. The van der Waals surface area contributed by atoms with Gasteiger partial charge in [-0.1, -0.05) is 0 Å². The molecule has 0 fully saturated rings. The van der Waals surface area contributed by atoms with Crippen molar-refractivity contribution in [3.05, 3.63) is 44.4 Å². The molecular weight excluding hydrogens is 334 g/mol. The van der Waals surface area contributed by atoms with E-state index < -0.39 is 16.7 Å². The Hall–Kier alpha value is -2.49. The maximum Gasteiger partial charge on any atom is 0.433 e. The van der Waals surface area contributed by atoms with Crippen molar-refractivity contribution in [3.8, 4) is 0 Å². The SMILES string of the molecule is Cn1cc(Br)c(C(=O)N/N=C/c2ccc([N+](=O)[O-])o2)n1. The van der Waals surface area contributed by atoms with Crippen LogP contribution in [0, 0.1) is 10.1 Å². The summed E-state index contributed by atoms with van der Waals surface area (Å²) in [4.78, 5) is 21.5. The highest BCUT2D eigenvalue weighted by Gasteiger charge is 2.14. The van der Waals surface area contributed by atoms with Gasteiger partial charge in [-0.2, -0.15) is 10.2 Å². The first kappa shape index (κ1) is 13.9. The van der Waals surface area contributed by atoms with Gasteiger partial charge < -0.3 is 4.42 Å². The standard InChI is InChI=1S/C10H8BrN5O4/c1-15-5-7(11)9(14-15)10(17)13-12-4-6-2-3-8(20-6)16(18)19/h2-5H,1H3,(H,13,17)/b12-4+. The number of nitro groups is 1. The Balaban J connectivity index is 2.00. The third-order valence-electron chi connectivity index (χ3n) is 2.15. The predicted octanol–water partition coefficient (Wildman–Crippen LogP) is 1.45. The van der Waals surface area contributed by atoms with E-state index in [0.29, 0.717) is 4.47 Å². The Labute approximate surface area is 120 Å². The van der Waals surface area contributed by atoms with E-state index in [1.165, 1.54) is 16.8 Å². The van der Waals surface area contributed by atoms with E-state index in [9.17, 15) is 14.9 Å². The fraction of sp³-hybridized carbons (Fsp3) is 0.100. The van der Waals surface area contributed by atoms with Gasteiger partial charge in [-0.3, -0.25) is 19.6 Å². The van der Waals surface area contributed by atoms with Crippen LogP contribution >= 0.6 is 15.9 Å². The maximum absolute atomic E-state index is 11.7. The Bertz CT molecular complexity index is 690. The Kier molecular flexibility index (Phi) is 3.94. The Morgan fingerprint density at radius 3 is 2.95 bits per heavy atom. The lowest BCUT2D eigenvalue weighted by molar-refractivity contribution is -0.402. The number of nitrogens with one attached hydrogen (secondary N) is 1. The highest BCUT2D eigenvalue weighted by atomic mass is 79.9. The number of rotatable bonds is 4. The molecule has 0 aliphatic heterocycles. The molecule has 0 spiro atoms. The second-order valence-electron chi connectivity index (χ2n) is 3.63. The summed E-state index contributed by atoms with van der Waals surface area (Å²) in [6.45, 7) is 0. The van der Waals surface area contributed by atoms with E-state index >= 15 is 0 Å². The molecule has 2 aromatic rings. The van der Waals surface area contributed by atoms with Gasteiger partial charge in [0.2, 0.25) is 0 Å². The number of carbonyl (C=O) groups is 1. The van der Waals surface area contributed by atoms with Crippen LogP contribution in [0.2, 0.25) is 0 Å².